The predicted molar refractivity (Wildman–Crippen MR) is 111 cm³/mol. The Labute approximate surface area is 168 Å². The van der Waals surface area contributed by atoms with Gasteiger partial charge in [-0.05, 0) is 32.0 Å². The van der Waals surface area contributed by atoms with Gasteiger partial charge >= 0.3 is 0 Å². The molecule has 0 amide bonds. The van der Waals surface area contributed by atoms with Crippen molar-refractivity contribution in [1.29, 1.82) is 0 Å². The van der Waals surface area contributed by atoms with Crippen molar-refractivity contribution in [2.45, 2.75) is 52.5 Å². The minimum absolute atomic E-state index is 0.273. The number of nitrogens with zero attached hydrogens (tertiary/aromatic N) is 4. The standard InChI is InChI=1S/C19H31N5O3S/c1-6-18-21-19(27-22-18)14-20-16-13-15(28(25,26)24(9-4)10-5)11-12-17(16)23(7-2)8-3/h11-13,20H,6-10,14H2,1-5H3. The van der Waals surface area contributed by atoms with Crippen molar-refractivity contribution >= 4 is 21.4 Å². The molecule has 2 aromatic rings. The van der Waals surface area contributed by atoms with Gasteiger partial charge in [-0.15, -0.1) is 0 Å². The Kier molecular flexibility index (Phi) is 7.82. The van der Waals surface area contributed by atoms with Crippen molar-refractivity contribution in [2.24, 2.45) is 0 Å². The van der Waals surface area contributed by atoms with E-state index in [1.807, 2.05) is 26.8 Å². The number of aryl methyl sites for hydroxylation is 1. The van der Waals surface area contributed by atoms with Crippen molar-refractivity contribution in [1.82, 2.24) is 14.4 Å². The second kappa shape index (κ2) is 9.88. The number of hydrogen-bond donors (Lipinski definition) is 1. The first-order chi connectivity index (χ1) is 13.4. The molecular formula is C19H31N5O3S. The van der Waals surface area contributed by atoms with Crippen LogP contribution in [0.1, 0.15) is 46.3 Å². The Morgan fingerprint density at radius 3 is 2.25 bits per heavy atom. The molecule has 0 bridgehead atoms. The van der Waals surface area contributed by atoms with Crippen LogP contribution in [-0.4, -0.2) is 49.0 Å². The molecule has 0 fully saturated rings. The van der Waals surface area contributed by atoms with Crippen LogP contribution < -0.4 is 10.2 Å². The van der Waals surface area contributed by atoms with E-state index in [9.17, 15) is 8.42 Å². The molecule has 0 aliphatic carbocycles. The maximum atomic E-state index is 12.9. The smallest absolute Gasteiger partial charge is 0.245 e. The van der Waals surface area contributed by atoms with E-state index in [1.54, 1.807) is 12.1 Å². The number of nitrogens with one attached hydrogen (secondary N) is 1. The van der Waals surface area contributed by atoms with Crippen LogP contribution in [0.4, 0.5) is 11.4 Å². The largest absolute Gasteiger partial charge is 0.374 e. The summed E-state index contributed by atoms with van der Waals surface area (Å²) in [6.45, 7) is 12.6. The van der Waals surface area contributed by atoms with Gasteiger partial charge in [0.1, 0.15) is 0 Å². The molecule has 0 aliphatic heterocycles. The molecule has 1 heterocycles. The Hall–Kier alpha value is -2.13. The molecule has 9 heteroatoms. The van der Waals surface area contributed by atoms with Gasteiger partial charge in [0, 0.05) is 32.6 Å². The number of anilines is 2. The number of rotatable bonds is 11. The highest BCUT2D eigenvalue weighted by atomic mass is 32.2. The quantitative estimate of drug-likeness (QED) is 0.609. The summed E-state index contributed by atoms with van der Waals surface area (Å²) in [4.78, 5) is 6.74. The third-order valence-corrected chi connectivity index (χ3v) is 6.72. The van der Waals surface area contributed by atoms with Crippen LogP contribution in [0.2, 0.25) is 0 Å². The molecule has 0 saturated heterocycles. The summed E-state index contributed by atoms with van der Waals surface area (Å²) < 4.78 is 32.5. The molecule has 0 radical (unpaired) electrons. The van der Waals surface area contributed by atoms with E-state index in [2.05, 4.69) is 34.2 Å². The zero-order valence-electron chi connectivity index (χ0n) is 17.4. The number of hydrogen-bond acceptors (Lipinski definition) is 7. The van der Waals surface area contributed by atoms with Gasteiger partial charge in [-0.3, -0.25) is 0 Å². The fourth-order valence-electron chi connectivity index (χ4n) is 3.05. The summed E-state index contributed by atoms with van der Waals surface area (Å²) in [7, 11) is -3.54. The maximum Gasteiger partial charge on any atom is 0.245 e. The first-order valence-corrected chi connectivity index (χ1v) is 11.3. The van der Waals surface area contributed by atoms with Crippen LogP contribution in [0.25, 0.3) is 0 Å². The van der Waals surface area contributed by atoms with E-state index in [4.69, 9.17) is 4.52 Å². The van der Waals surface area contributed by atoms with Crippen LogP contribution in [-0.2, 0) is 23.0 Å². The fraction of sp³-hybridized carbons (Fsp3) is 0.579. The molecule has 1 N–H and O–H groups in total. The minimum Gasteiger partial charge on any atom is -0.374 e. The zero-order chi connectivity index (χ0) is 20.7. The van der Waals surface area contributed by atoms with Gasteiger partial charge in [-0.2, -0.15) is 9.29 Å². The lowest BCUT2D eigenvalue weighted by Gasteiger charge is -2.26. The molecular weight excluding hydrogens is 378 g/mol. The average molecular weight is 410 g/mol. The first-order valence-electron chi connectivity index (χ1n) is 9.85. The van der Waals surface area contributed by atoms with Gasteiger partial charge in [0.25, 0.3) is 0 Å². The van der Waals surface area contributed by atoms with Crippen LogP contribution in [0.15, 0.2) is 27.6 Å². The summed E-state index contributed by atoms with van der Waals surface area (Å²) >= 11 is 0. The van der Waals surface area contributed by atoms with Gasteiger partial charge < -0.3 is 14.7 Å². The lowest BCUT2D eigenvalue weighted by atomic mass is 10.2. The Morgan fingerprint density at radius 2 is 1.71 bits per heavy atom. The number of benzene rings is 1. The van der Waals surface area contributed by atoms with Gasteiger partial charge in [0.2, 0.25) is 15.9 Å². The molecule has 156 valence electrons. The van der Waals surface area contributed by atoms with Crippen LogP contribution >= 0.6 is 0 Å². The summed E-state index contributed by atoms with van der Waals surface area (Å²) in [6, 6.07) is 5.23. The molecule has 2 rings (SSSR count). The van der Waals surface area contributed by atoms with E-state index in [0.29, 0.717) is 37.8 Å². The number of sulfonamides is 1. The Morgan fingerprint density at radius 1 is 1.04 bits per heavy atom. The van der Waals surface area contributed by atoms with Gasteiger partial charge in [0.15, 0.2) is 5.82 Å². The Bertz CT molecular complexity index is 858. The van der Waals surface area contributed by atoms with Crippen molar-refractivity contribution in [3.8, 4) is 0 Å². The van der Waals surface area contributed by atoms with Crippen molar-refractivity contribution < 1.29 is 12.9 Å². The van der Waals surface area contributed by atoms with E-state index < -0.39 is 10.0 Å². The predicted octanol–water partition coefficient (Wildman–Crippen LogP) is 3.12. The van der Waals surface area contributed by atoms with E-state index >= 15 is 0 Å². The maximum absolute atomic E-state index is 12.9. The van der Waals surface area contributed by atoms with Crippen LogP contribution in [0.5, 0.6) is 0 Å². The molecule has 0 atom stereocenters. The molecule has 1 aromatic heterocycles. The lowest BCUT2D eigenvalue weighted by molar-refractivity contribution is 0.378. The second-order valence-corrected chi connectivity index (χ2v) is 8.19. The topological polar surface area (TPSA) is 91.6 Å². The molecule has 0 aliphatic rings. The minimum atomic E-state index is -3.54. The van der Waals surface area contributed by atoms with Crippen LogP contribution in [0.3, 0.4) is 0 Å². The molecule has 1 aromatic carbocycles. The molecule has 28 heavy (non-hydrogen) atoms. The van der Waals surface area contributed by atoms with Gasteiger partial charge in [-0.25, -0.2) is 8.42 Å². The highest BCUT2D eigenvalue weighted by molar-refractivity contribution is 7.89. The molecule has 0 spiro atoms. The van der Waals surface area contributed by atoms with E-state index in [-0.39, 0.29) is 4.90 Å². The first kappa shape index (κ1) is 22.2. The average Bonchev–Trinajstić information content (AvgIpc) is 3.16. The van der Waals surface area contributed by atoms with Crippen molar-refractivity contribution in [3.63, 3.8) is 0 Å². The third kappa shape index (κ3) is 4.82. The SMILES string of the molecule is CCc1noc(CNc2cc(S(=O)(=O)N(CC)CC)ccc2N(CC)CC)n1. The molecule has 0 saturated carbocycles. The van der Waals surface area contributed by atoms with E-state index in [1.165, 1.54) is 4.31 Å². The summed E-state index contributed by atoms with van der Waals surface area (Å²) in [5.74, 6) is 1.12. The van der Waals surface area contributed by atoms with Crippen molar-refractivity contribution in [3.05, 3.63) is 29.9 Å². The summed E-state index contributed by atoms with van der Waals surface area (Å²) in [6.07, 6.45) is 0.700. The molecule has 8 nitrogen and oxygen atoms in total. The van der Waals surface area contributed by atoms with E-state index in [0.717, 1.165) is 24.5 Å². The fourth-order valence-corrected chi connectivity index (χ4v) is 4.53. The van der Waals surface area contributed by atoms with Crippen molar-refractivity contribution in [2.75, 3.05) is 36.4 Å². The third-order valence-electron chi connectivity index (χ3n) is 4.67. The second-order valence-electron chi connectivity index (χ2n) is 6.25. The lowest BCUT2D eigenvalue weighted by Crippen LogP contribution is -2.31. The molecule has 0 unspecified atom stereocenters. The van der Waals surface area contributed by atoms with Crippen LogP contribution in [0, 0.1) is 0 Å². The monoisotopic (exact) mass is 409 g/mol. The summed E-state index contributed by atoms with van der Waals surface area (Å²) in [5, 5.41) is 7.18. The normalized spacial score (nSPS) is 11.8. The summed E-state index contributed by atoms with van der Waals surface area (Å²) in [5.41, 5.74) is 1.67. The highest BCUT2D eigenvalue weighted by Crippen LogP contribution is 2.30. The van der Waals surface area contributed by atoms with Gasteiger partial charge in [-0.1, -0.05) is 25.9 Å². The highest BCUT2D eigenvalue weighted by Gasteiger charge is 2.23. The zero-order valence-corrected chi connectivity index (χ0v) is 18.2. The Balaban J connectivity index is 2.40. The number of aromatic nitrogens is 2. The van der Waals surface area contributed by atoms with Gasteiger partial charge in [0.05, 0.1) is 22.8 Å².